The van der Waals surface area contributed by atoms with E-state index in [9.17, 15) is 4.79 Å². The molecule has 0 N–H and O–H groups in total. The second-order valence-electron chi connectivity index (χ2n) is 11.3. The van der Waals surface area contributed by atoms with Crippen LogP contribution in [0.3, 0.4) is 0 Å². The van der Waals surface area contributed by atoms with E-state index in [1.54, 1.807) is 0 Å². The van der Waals surface area contributed by atoms with E-state index in [1.165, 1.54) is 23.9 Å². The van der Waals surface area contributed by atoms with Crippen LogP contribution in [0.15, 0.2) is 53.0 Å². The molecule has 192 valence electrons. The molecular formula is C29H36BrN3O3. The summed E-state index contributed by atoms with van der Waals surface area (Å²) < 4.78 is 15.5. The lowest BCUT2D eigenvalue weighted by atomic mass is 9.73. The number of hydrogen-bond donors (Lipinski definition) is 0. The topological polar surface area (TPSA) is 56.6 Å². The van der Waals surface area contributed by atoms with E-state index in [0.717, 1.165) is 41.1 Å². The van der Waals surface area contributed by atoms with Crippen molar-refractivity contribution in [3.05, 3.63) is 64.4 Å². The first-order chi connectivity index (χ1) is 17.2. The lowest BCUT2D eigenvalue weighted by Crippen LogP contribution is -2.48. The van der Waals surface area contributed by atoms with Crippen molar-refractivity contribution in [3.8, 4) is 0 Å². The minimum Gasteiger partial charge on any atom is -0.444 e. The summed E-state index contributed by atoms with van der Waals surface area (Å²) in [6, 6.07) is 16.9. The van der Waals surface area contributed by atoms with Gasteiger partial charge in [-0.15, -0.1) is 0 Å². The average molecular weight is 555 g/mol. The van der Waals surface area contributed by atoms with E-state index >= 15 is 0 Å². The van der Waals surface area contributed by atoms with Gasteiger partial charge in [0.05, 0.1) is 17.6 Å². The number of hydrogen-bond acceptors (Lipinski definition) is 4. The van der Waals surface area contributed by atoms with Crippen LogP contribution in [0.4, 0.5) is 4.79 Å². The highest BCUT2D eigenvalue weighted by Gasteiger charge is 2.39. The largest absolute Gasteiger partial charge is 0.444 e. The Hall–Kier alpha value is -2.38. The number of halogens is 1. The van der Waals surface area contributed by atoms with Crippen LogP contribution < -0.4 is 0 Å². The SMILES string of the molecule is CC(C)(C)OC(=O)N1CCC(COCc2nc3ccc(Br)cc3n2CC2CC2)(c2ccccc2)CC1. The Morgan fingerprint density at radius 3 is 2.50 bits per heavy atom. The number of likely N-dealkylation sites (tertiary alicyclic amines) is 1. The van der Waals surface area contributed by atoms with Crippen molar-refractivity contribution < 1.29 is 14.3 Å². The van der Waals surface area contributed by atoms with Gasteiger partial charge in [-0.05, 0) is 76.1 Å². The normalized spacial score (nSPS) is 17.9. The average Bonchev–Trinajstić information content (AvgIpc) is 3.61. The number of carbonyl (C=O) groups excluding carboxylic acids is 1. The molecule has 1 saturated carbocycles. The number of aromatic nitrogens is 2. The molecule has 1 aliphatic heterocycles. The second kappa shape index (κ2) is 10.2. The molecule has 7 heteroatoms. The molecule has 3 aromatic rings. The van der Waals surface area contributed by atoms with Crippen LogP contribution in [0.25, 0.3) is 11.0 Å². The lowest BCUT2D eigenvalue weighted by molar-refractivity contribution is 0.00242. The molecule has 36 heavy (non-hydrogen) atoms. The molecule has 1 saturated heterocycles. The van der Waals surface area contributed by atoms with Gasteiger partial charge in [0.1, 0.15) is 18.0 Å². The molecule has 2 aromatic carbocycles. The fourth-order valence-electron chi connectivity index (χ4n) is 5.11. The Labute approximate surface area is 222 Å². The first-order valence-corrected chi connectivity index (χ1v) is 13.8. The highest BCUT2D eigenvalue weighted by atomic mass is 79.9. The van der Waals surface area contributed by atoms with Crippen molar-refractivity contribution in [1.82, 2.24) is 14.5 Å². The summed E-state index contributed by atoms with van der Waals surface area (Å²) in [6.07, 6.45) is 4.02. The number of piperidine rings is 1. The third kappa shape index (κ3) is 5.78. The Balaban J connectivity index is 1.31. The van der Waals surface area contributed by atoms with Gasteiger partial charge in [-0.2, -0.15) is 0 Å². The molecule has 0 bridgehead atoms. The quantitative estimate of drug-likeness (QED) is 0.327. The molecule has 1 aromatic heterocycles. The van der Waals surface area contributed by atoms with Crippen molar-refractivity contribution in [3.63, 3.8) is 0 Å². The second-order valence-corrected chi connectivity index (χ2v) is 12.2. The zero-order valence-corrected chi connectivity index (χ0v) is 23.1. The molecule has 0 spiro atoms. The number of carbonyl (C=O) groups is 1. The summed E-state index contributed by atoms with van der Waals surface area (Å²) in [4.78, 5) is 19.4. The van der Waals surface area contributed by atoms with Crippen LogP contribution in [0.2, 0.25) is 0 Å². The maximum Gasteiger partial charge on any atom is 0.410 e. The number of amides is 1. The highest BCUT2D eigenvalue weighted by molar-refractivity contribution is 9.10. The van der Waals surface area contributed by atoms with Gasteiger partial charge in [0.25, 0.3) is 0 Å². The van der Waals surface area contributed by atoms with Crippen molar-refractivity contribution in [2.24, 2.45) is 5.92 Å². The van der Waals surface area contributed by atoms with Gasteiger partial charge in [-0.3, -0.25) is 0 Å². The summed E-state index contributed by atoms with van der Waals surface area (Å²) >= 11 is 3.62. The van der Waals surface area contributed by atoms with Crippen molar-refractivity contribution >= 4 is 33.1 Å². The molecule has 6 nitrogen and oxygen atoms in total. The monoisotopic (exact) mass is 553 g/mol. The third-order valence-electron chi connectivity index (χ3n) is 7.29. The maximum atomic E-state index is 12.7. The maximum absolute atomic E-state index is 12.7. The fraction of sp³-hybridized carbons (Fsp3) is 0.517. The molecule has 5 rings (SSSR count). The van der Waals surface area contributed by atoms with Crippen molar-refractivity contribution in [2.45, 2.75) is 70.6 Å². The summed E-state index contributed by atoms with van der Waals surface area (Å²) in [5.74, 6) is 1.73. The fourth-order valence-corrected chi connectivity index (χ4v) is 5.46. The van der Waals surface area contributed by atoms with Crippen molar-refractivity contribution in [2.75, 3.05) is 19.7 Å². The van der Waals surface area contributed by atoms with E-state index < -0.39 is 5.60 Å². The lowest BCUT2D eigenvalue weighted by Gasteiger charge is -2.42. The van der Waals surface area contributed by atoms with Crippen LogP contribution in [-0.4, -0.2) is 45.8 Å². The zero-order chi connectivity index (χ0) is 25.3. The molecule has 1 amide bonds. The Kier molecular flexibility index (Phi) is 7.14. The van der Waals surface area contributed by atoms with Crippen LogP contribution in [0.1, 0.15) is 57.8 Å². The van der Waals surface area contributed by atoms with Gasteiger partial charge < -0.3 is 18.9 Å². The van der Waals surface area contributed by atoms with E-state index in [2.05, 4.69) is 56.9 Å². The summed E-state index contributed by atoms with van der Waals surface area (Å²) in [5, 5.41) is 0. The first-order valence-electron chi connectivity index (χ1n) is 13.0. The predicted octanol–water partition coefficient (Wildman–Crippen LogP) is 6.69. The molecule has 0 radical (unpaired) electrons. The molecule has 2 heterocycles. The molecule has 0 atom stereocenters. The number of fused-ring (bicyclic) bond motifs is 1. The number of rotatable bonds is 7. The van der Waals surface area contributed by atoms with Gasteiger partial charge >= 0.3 is 6.09 Å². The molecule has 0 unspecified atom stereocenters. The number of benzene rings is 2. The van der Waals surface area contributed by atoms with Crippen LogP contribution in [-0.2, 0) is 28.0 Å². The first kappa shape index (κ1) is 25.3. The van der Waals surface area contributed by atoms with Gasteiger partial charge in [0, 0.05) is 29.5 Å². The van der Waals surface area contributed by atoms with E-state index in [1.807, 2.05) is 37.8 Å². The van der Waals surface area contributed by atoms with Crippen LogP contribution in [0.5, 0.6) is 0 Å². The van der Waals surface area contributed by atoms with Crippen molar-refractivity contribution in [1.29, 1.82) is 0 Å². The van der Waals surface area contributed by atoms with Gasteiger partial charge in [0.2, 0.25) is 0 Å². The van der Waals surface area contributed by atoms with Gasteiger partial charge in [-0.1, -0.05) is 46.3 Å². The van der Waals surface area contributed by atoms with E-state index in [0.29, 0.717) is 26.3 Å². The van der Waals surface area contributed by atoms with E-state index in [-0.39, 0.29) is 11.5 Å². The van der Waals surface area contributed by atoms with Gasteiger partial charge in [0.15, 0.2) is 0 Å². The smallest absolute Gasteiger partial charge is 0.410 e. The Morgan fingerprint density at radius 2 is 1.83 bits per heavy atom. The Bertz CT molecular complexity index is 1210. The predicted molar refractivity (Wildman–Crippen MR) is 145 cm³/mol. The minimum absolute atomic E-state index is 0.143. The van der Waals surface area contributed by atoms with E-state index in [4.69, 9.17) is 14.5 Å². The van der Waals surface area contributed by atoms with Crippen LogP contribution >= 0.6 is 15.9 Å². The zero-order valence-electron chi connectivity index (χ0n) is 21.5. The van der Waals surface area contributed by atoms with Crippen LogP contribution in [0, 0.1) is 5.92 Å². The summed E-state index contributed by atoms with van der Waals surface area (Å²) in [6.45, 7) is 9.10. The molecule has 1 aliphatic carbocycles. The molecule has 2 aliphatic rings. The number of imidazole rings is 1. The Morgan fingerprint density at radius 1 is 1.11 bits per heavy atom. The summed E-state index contributed by atoms with van der Waals surface area (Å²) in [5.41, 5.74) is 2.81. The third-order valence-corrected chi connectivity index (χ3v) is 7.79. The summed E-state index contributed by atoms with van der Waals surface area (Å²) in [7, 11) is 0. The highest BCUT2D eigenvalue weighted by Crippen LogP contribution is 2.37. The number of nitrogens with zero attached hydrogens (tertiary/aromatic N) is 3. The van der Waals surface area contributed by atoms with Gasteiger partial charge in [-0.25, -0.2) is 9.78 Å². The number of ether oxygens (including phenoxy) is 2. The molecule has 2 fully saturated rings. The standard InChI is InChI=1S/C29H36BrN3O3/c1-28(2,3)36-27(34)32-15-13-29(14-16-32,22-7-5-4-6-8-22)20-35-19-26-31-24-12-11-23(30)17-25(24)33(26)18-21-9-10-21/h4-8,11-12,17,21H,9-10,13-16,18-20H2,1-3H3. The minimum atomic E-state index is -0.490. The molecular weight excluding hydrogens is 518 g/mol.